The van der Waals surface area contributed by atoms with Crippen LogP contribution in [0.4, 0.5) is 0 Å². The molecular weight excluding hydrogens is 822 g/mol. The summed E-state index contributed by atoms with van der Waals surface area (Å²) in [6, 6.07) is 0. The number of hydrogen-bond donors (Lipinski definition) is 1. The first-order chi connectivity index (χ1) is 31.0. The lowest BCUT2D eigenvalue weighted by atomic mass is 10.0. The third-order valence-corrected chi connectivity index (χ3v) is 12.9. The number of esters is 2. The van der Waals surface area contributed by atoms with E-state index in [1.165, 1.54) is 193 Å². The van der Waals surface area contributed by atoms with Gasteiger partial charge >= 0.3 is 19.8 Å². The first-order valence-electron chi connectivity index (χ1n) is 27.1. The summed E-state index contributed by atoms with van der Waals surface area (Å²) in [4.78, 5) is 35.6. The zero-order valence-electron chi connectivity index (χ0n) is 42.8. The molecule has 378 valence electrons. The number of ether oxygens (including phenoxy) is 2. The largest absolute Gasteiger partial charge is 0.472 e. The molecule has 9 nitrogen and oxygen atoms in total. The number of unbranched alkanes of at least 4 members (excludes halogenated alkanes) is 32. The summed E-state index contributed by atoms with van der Waals surface area (Å²) < 4.78 is 34.5. The van der Waals surface area contributed by atoms with Crippen LogP contribution in [0.15, 0.2) is 24.3 Å². The molecule has 0 spiro atoms. The maximum absolute atomic E-state index is 12.8. The normalized spacial score (nSPS) is 13.5. The van der Waals surface area contributed by atoms with Gasteiger partial charge in [-0.3, -0.25) is 18.6 Å². The van der Waals surface area contributed by atoms with Crippen LogP contribution in [0, 0.1) is 0 Å². The molecule has 64 heavy (non-hydrogen) atoms. The Morgan fingerprint density at radius 3 is 1.16 bits per heavy atom. The van der Waals surface area contributed by atoms with Gasteiger partial charge in [-0.1, -0.05) is 205 Å². The van der Waals surface area contributed by atoms with Crippen LogP contribution in [0.5, 0.6) is 0 Å². The number of quaternary nitrogens is 1. The number of phosphoric ester groups is 1. The van der Waals surface area contributed by atoms with E-state index in [1.54, 1.807) is 0 Å². The Morgan fingerprint density at radius 1 is 0.469 bits per heavy atom. The smallest absolute Gasteiger partial charge is 0.462 e. The topological polar surface area (TPSA) is 108 Å². The second-order valence-electron chi connectivity index (χ2n) is 19.6. The van der Waals surface area contributed by atoms with Crippen molar-refractivity contribution in [2.75, 3.05) is 47.5 Å². The van der Waals surface area contributed by atoms with Crippen molar-refractivity contribution in [3.8, 4) is 0 Å². The van der Waals surface area contributed by atoms with Crippen LogP contribution in [-0.4, -0.2) is 74.9 Å². The van der Waals surface area contributed by atoms with Crippen LogP contribution in [0.3, 0.4) is 0 Å². The van der Waals surface area contributed by atoms with Crippen molar-refractivity contribution in [2.24, 2.45) is 0 Å². The second kappa shape index (κ2) is 46.6. The standard InChI is InChI=1S/C54H104NO8P/c1-6-8-10-12-14-16-18-20-22-24-26-28-30-32-34-36-38-40-42-44-46-53(56)60-50-52(51-62-64(58,59)61-49-48-55(3,4)5)63-54(57)47-45-43-41-39-37-35-33-31-29-27-25-23-21-19-17-15-13-11-9-7-2/h20-23,52H,6-19,24-51H2,1-5H3/p+1/b22-20-,23-21-. The van der Waals surface area contributed by atoms with E-state index < -0.39 is 26.5 Å². The van der Waals surface area contributed by atoms with Crippen molar-refractivity contribution in [2.45, 2.75) is 264 Å². The van der Waals surface area contributed by atoms with Gasteiger partial charge in [0.1, 0.15) is 19.8 Å². The Morgan fingerprint density at radius 2 is 0.797 bits per heavy atom. The maximum Gasteiger partial charge on any atom is 0.472 e. The maximum atomic E-state index is 12.8. The van der Waals surface area contributed by atoms with Gasteiger partial charge in [-0.2, -0.15) is 0 Å². The number of phosphoric acid groups is 1. The van der Waals surface area contributed by atoms with E-state index in [0.29, 0.717) is 23.9 Å². The molecule has 2 unspecified atom stereocenters. The summed E-state index contributed by atoms with van der Waals surface area (Å²) in [5.41, 5.74) is 0. The Hall–Kier alpha value is -1.51. The van der Waals surface area contributed by atoms with E-state index >= 15 is 0 Å². The minimum absolute atomic E-state index is 0.0332. The number of likely N-dealkylation sites (N-methyl/N-ethyl adjacent to an activating group) is 1. The Bertz CT molecular complexity index is 1140. The minimum Gasteiger partial charge on any atom is -0.462 e. The molecule has 0 bridgehead atoms. The lowest BCUT2D eigenvalue weighted by Gasteiger charge is -2.24. The van der Waals surface area contributed by atoms with Crippen LogP contribution in [-0.2, 0) is 32.7 Å². The highest BCUT2D eigenvalue weighted by Gasteiger charge is 2.27. The highest BCUT2D eigenvalue weighted by atomic mass is 31.2. The molecular formula is C54H105NO8P+. The molecule has 0 aromatic carbocycles. The molecule has 0 saturated heterocycles. The number of hydrogen-bond acceptors (Lipinski definition) is 7. The second-order valence-corrected chi connectivity index (χ2v) is 21.1. The van der Waals surface area contributed by atoms with Gasteiger partial charge in [-0.05, 0) is 64.2 Å². The SMILES string of the molecule is CCCCCCCC/C=C\CCCCCCCCCCCCC(=O)OCC(COP(=O)(O)OCC[N+](C)(C)C)OC(=O)CCCCCCCCCCCC/C=C\CCCCCCCC. The van der Waals surface area contributed by atoms with E-state index in [9.17, 15) is 19.0 Å². The first kappa shape index (κ1) is 62.5. The molecule has 0 heterocycles. The van der Waals surface area contributed by atoms with E-state index in [4.69, 9.17) is 18.5 Å². The molecule has 0 aliphatic carbocycles. The van der Waals surface area contributed by atoms with Crippen molar-refractivity contribution >= 4 is 19.8 Å². The van der Waals surface area contributed by atoms with Gasteiger partial charge in [0.25, 0.3) is 0 Å². The number of carbonyl (C=O) groups excluding carboxylic acids is 2. The fourth-order valence-corrected chi connectivity index (χ4v) is 8.45. The third kappa shape index (κ3) is 49.9. The molecule has 0 saturated carbocycles. The van der Waals surface area contributed by atoms with Gasteiger partial charge in [0.15, 0.2) is 6.10 Å². The number of nitrogens with zero attached hydrogens (tertiary/aromatic N) is 1. The predicted octanol–water partition coefficient (Wildman–Crippen LogP) is 16.3. The molecule has 1 N–H and O–H groups in total. The van der Waals surface area contributed by atoms with E-state index in [0.717, 1.165) is 32.1 Å². The Labute approximate surface area is 396 Å². The van der Waals surface area contributed by atoms with Crippen molar-refractivity contribution in [1.82, 2.24) is 0 Å². The zero-order chi connectivity index (χ0) is 47.1. The number of rotatable bonds is 50. The van der Waals surface area contributed by atoms with Gasteiger partial charge < -0.3 is 18.9 Å². The average Bonchev–Trinajstić information content (AvgIpc) is 3.25. The van der Waals surface area contributed by atoms with Crippen LogP contribution in [0.1, 0.15) is 258 Å². The number of carbonyl (C=O) groups is 2. The van der Waals surface area contributed by atoms with Crippen LogP contribution < -0.4 is 0 Å². The lowest BCUT2D eigenvalue weighted by molar-refractivity contribution is -0.870. The minimum atomic E-state index is -4.38. The molecule has 0 rings (SSSR count). The zero-order valence-corrected chi connectivity index (χ0v) is 43.7. The fourth-order valence-electron chi connectivity index (χ4n) is 7.71. The van der Waals surface area contributed by atoms with Crippen molar-refractivity contribution in [3.63, 3.8) is 0 Å². The summed E-state index contributed by atoms with van der Waals surface area (Å²) in [6.45, 7) is 4.46. The van der Waals surface area contributed by atoms with Crippen molar-refractivity contribution < 1.29 is 42.1 Å². The molecule has 0 aliphatic heterocycles. The summed E-state index contributed by atoms with van der Waals surface area (Å²) in [7, 11) is 1.49. The lowest BCUT2D eigenvalue weighted by Crippen LogP contribution is -2.37. The van der Waals surface area contributed by atoms with Gasteiger partial charge in [-0.15, -0.1) is 0 Å². The predicted molar refractivity (Wildman–Crippen MR) is 271 cm³/mol. The summed E-state index contributed by atoms with van der Waals surface area (Å²) in [5.74, 6) is -0.789. The monoisotopic (exact) mass is 927 g/mol. The van der Waals surface area contributed by atoms with Crippen molar-refractivity contribution in [1.29, 1.82) is 0 Å². The molecule has 10 heteroatoms. The van der Waals surface area contributed by atoms with Crippen LogP contribution in [0.25, 0.3) is 0 Å². The molecule has 2 atom stereocenters. The quantitative estimate of drug-likeness (QED) is 0.0211. The van der Waals surface area contributed by atoms with Crippen LogP contribution >= 0.6 is 7.82 Å². The van der Waals surface area contributed by atoms with Gasteiger partial charge in [-0.25, -0.2) is 4.57 Å². The molecule has 0 radical (unpaired) electrons. The van der Waals surface area contributed by atoms with E-state index in [2.05, 4.69) is 38.2 Å². The van der Waals surface area contributed by atoms with Crippen LogP contribution in [0.2, 0.25) is 0 Å². The van der Waals surface area contributed by atoms with E-state index in [1.807, 2.05) is 21.1 Å². The third-order valence-electron chi connectivity index (χ3n) is 12.0. The molecule has 0 aromatic heterocycles. The number of allylic oxidation sites excluding steroid dienone is 4. The fraction of sp³-hybridized carbons (Fsp3) is 0.889. The Kier molecular flexibility index (Phi) is 45.5. The summed E-state index contributed by atoms with van der Waals surface area (Å²) >= 11 is 0. The summed E-state index contributed by atoms with van der Waals surface area (Å²) in [5, 5.41) is 0. The first-order valence-corrected chi connectivity index (χ1v) is 28.6. The Balaban J connectivity index is 4.20. The van der Waals surface area contributed by atoms with Gasteiger partial charge in [0.05, 0.1) is 27.7 Å². The average molecular weight is 927 g/mol. The highest BCUT2D eigenvalue weighted by molar-refractivity contribution is 7.47. The van der Waals surface area contributed by atoms with Gasteiger partial charge in [0.2, 0.25) is 0 Å². The molecule has 0 amide bonds. The van der Waals surface area contributed by atoms with Crippen molar-refractivity contribution in [3.05, 3.63) is 24.3 Å². The summed E-state index contributed by atoms with van der Waals surface area (Å²) in [6.07, 6.45) is 53.7. The highest BCUT2D eigenvalue weighted by Crippen LogP contribution is 2.43. The van der Waals surface area contributed by atoms with Gasteiger partial charge in [0, 0.05) is 12.8 Å². The van der Waals surface area contributed by atoms with E-state index in [-0.39, 0.29) is 25.6 Å². The molecule has 0 fully saturated rings. The molecule has 0 aromatic rings. The molecule has 0 aliphatic rings.